The lowest BCUT2D eigenvalue weighted by atomic mass is 9.96. The van der Waals surface area contributed by atoms with Crippen molar-refractivity contribution >= 4 is 27.5 Å². The molecule has 0 spiro atoms. The zero-order chi connectivity index (χ0) is 20.1. The van der Waals surface area contributed by atoms with Crippen molar-refractivity contribution in [2.24, 2.45) is 0 Å². The molecular formula is C28H17N3. The van der Waals surface area contributed by atoms with E-state index in [1.54, 1.807) is 0 Å². The molecule has 3 nitrogen and oxygen atoms in total. The van der Waals surface area contributed by atoms with E-state index in [1.165, 1.54) is 55.3 Å². The molecule has 2 aliphatic rings. The second kappa shape index (κ2) is 5.38. The lowest BCUT2D eigenvalue weighted by Crippen LogP contribution is -1.93. The number of nitrogens with zero attached hydrogens (tertiary/aromatic N) is 3. The van der Waals surface area contributed by atoms with Gasteiger partial charge in [-0.3, -0.25) is 9.38 Å². The molecule has 3 aromatic heterocycles. The minimum Gasteiger partial charge on any atom is -0.298 e. The topological polar surface area (TPSA) is 30.2 Å². The van der Waals surface area contributed by atoms with Crippen molar-refractivity contribution < 1.29 is 0 Å². The molecule has 0 aliphatic heterocycles. The lowest BCUT2D eigenvalue weighted by Gasteiger charge is -2.10. The maximum Gasteiger partial charge on any atom is 0.145 e. The fourth-order valence-corrected chi connectivity index (χ4v) is 5.84. The smallest absolute Gasteiger partial charge is 0.145 e. The van der Waals surface area contributed by atoms with Crippen LogP contribution in [0.4, 0.5) is 0 Å². The van der Waals surface area contributed by atoms with E-state index in [-0.39, 0.29) is 0 Å². The van der Waals surface area contributed by atoms with E-state index < -0.39 is 0 Å². The highest BCUT2D eigenvalue weighted by Gasteiger charge is 2.28. The predicted molar refractivity (Wildman–Crippen MR) is 124 cm³/mol. The van der Waals surface area contributed by atoms with E-state index in [0.29, 0.717) is 0 Å². The Labute approximate surface area is 178 Å². The maximum atomic E-state index is 4.75. The van der Waals surface area contributed by atoms with Crippen LogP contribution in [-0.4, -0.2) is 14.4 Å². The van der Waals surface area contributed by atoms with Gasteiger partial charge in [0.05, 0.1) is 11.0 Å². The van der Waals surface area contributed by atoms with Crippen molar-refractivity contribution in [2.75, 3.05) is 0 Å². The minimum absolute atomic E-state index is 0.992. The number of rotatable bonds is 0. The first kappa shape index (κ1) is 15.8. The lowest BCUT2D eigenvalue weighted by molar-refractivity contribution is 1.16. The number of hydrogen-bond acceptors (Lipinski definition) is 2. The molecule has 3 aromatic carbocycles. The molecule has 0 radical (unpaired) electrons. The third kappa shape index (κ3) is 1.89. The van der Waals surface area contributed by atoms with Crippen LogP contribution in [0, 0.1) is 0 Å². The fraction of sp³-hybridized carbons (Fsp3) is 0.0714. The summed E-state index contributed by atoms with van der Waals surface area (Å²) in [5, 5.41) is 2.37. The molecule has 144 valence electrons. The second-order valence-corrected chi connectivity index (χ2v) is 8.68. The minimum atomic E-state index is 0.992. The highest BCUT2D eigenvalue weighted by molar-refractivity contribution is 6.12. The summed E-state index contributed by atoms with van der Waals surface area (Å²) < 4.78 is 2.16. The molecule has 0 N–H and O–H groups in total. The van der Waals surface area contributed by atoms with Gasteiger partial charge in [-0.15, -0.1) is 0 Å². The number of pyridine rings is 2. The van der Waals surface area contributed by atoms with Crippen LogP contribution in [0.2, 0.25) is 0 Å². The summed E-state index contributed by atoms with van der Waals surface area (Å²) in [6, 6.07) is 22.3. The standard InChI is InChI=1S/C28H17N3/c1-2-5-18-16(4-1)12-22-19(18)7-8-20-21-15-25-24(14-17(21)13-23(20)22)27-26(6-3-9-29-27)31-11-10-30-28(25)31/h1-11,14-15H,12-13H2. The normalized spacial score (nSPS) is 13.5. The van der Waals surface area contributed by atoms with Crippen molar-refractivity contribution in [3.05, 3.63) is 102 Å². The molecule has 2 aliphatic carbocycles. The molecule has 0 fully saturated rings. The predicted octanol–water partition coefficient (Wildman–Crippen LogP) is 6.18. The van der Waals surface area contributed by atoms with Crippen molar-refractivity contribution in [2.45, 2.75) is 12.8 Å². The Hall–Kier alpha value is -3.98. The van der Waals surface area contributed by atoms with Crippen LogP contribution in [0.15, 0.2) is 79.3 Å². The molecular weight excluding hydrogens is 378 g/mol. The van der Waals surface area contributed by atoms with Crippen LogP contribution in [0.3, 0.4) is 0 Å². The maximum absolute atomic E-state index is 4.75. The third-order valence-electron chi connectivity index (χ3n) is 7.19. The molecule has 0 unspecified atom stereocenters. The Morgan fingerprint density at radius 3 is 2.42 bits per heavy atom. The Balaban J connectivity index is 1.44. The van der Waals surface area contributed by atoms with Crippen molar-refractivity contribution in [3.8, 4) is 22.3 Å². The quantitative estimate of drug-likeness (QED) is 0.287. The molecule has 3 heteroatoms. The van der Waals surface area contributed by atoms with Gasteiger partial charge in [0, 0.05) is 29.4 Å². The van der Waals surface area contributed by atoms with Crippen LogP contribution >= 0.6 is 0 Å². The number of fused-ring (bicyclic) bond motifs is 13. The Morgan fingerprint density at radius 2 is 1.48 bits per heavy atom. The Morgan fingerprint density at radius 1 is 0.645 bits per heavy atom. The number of aromatic nitrogens is 3. The summed E-state index contributed by atoms with van der Waals surface area (Å²) in [6.07, 6.45) is 7.83. The van der Waals surface area contributed by atoms with Gasteiger partial charge in [-0.05, 0) is 81.6 Å². The van der Waals surface area contributed by atoms with E-state index >= 15 is 0 Å². The molecule has 3 heterocycles. The van der Waals surface area contributed by atoms with Gasteiger partial charge < -0.3 is 0 Å². The molecule has 8 rings (SSSR count). The highest BCUT2D eigenvalue weighted by atomic mass is 15.0. The van der Waals surface area contributed by atoms with Crippen LogP contribution < -0.4 is 0 Å². The fourth-order valence-electron chi connectivity index (χ4n) is 5.84. The monoisotopic (exact) mass is 395 g/mol. The first-order chi connectivity index (χ1) is 15.4. The summed E-state index contributed by atoms with van der Waals surface area (Å²) in [6.45, 7) is 0. The molecule has 0 saturated carbocycles. The average Bonchev–Trinajstić information content (AvgIpc) is 3.53. The Bertz CT molecular complexity index is 1740. The number of hydrogen-bond donors (Lipinski definition) is 0. The van der Waals surface area contributed by atoms with E-state index in [0.717, 1.165) is 29.5 Å². The van der Waals surface area contributed by atoms with Crippen molar-refractivity contribution in [3.63, 3.8) is 0 Å². The Kier molecular flexibility index (Phi) is 2.74. The molecule has 0 bridgehead atoms. The van der Waals surface area contributed by atoms with Crippen LogP contribution in [0.25, 0.3) is 49.7 Å². The van der Waals surface area contributed by atoms with Crippen LogP contribution in [-0.2, 0) is 12.8 Å². The average molecular weight is 395 g/mol. The van der Waals surface area contributed by atoms with Gasteiger partial charge in [-0.1, -0.05) is 36.4 Å². The van der Waals surface area contributed by atoms with Gasteiger partial charge in [0.2, 0.25) is 0 Å². The van der Waals surface area contributed by atoms with E-state index in [1.807, 2.05) is 24.7 Å². The summed E-state index contributed by atoms with van der Waals surface area (Å²) in [5.41, 5.74) is 14.5. The van der Waals surface area contributed by atoms with Crippen molar-refractivity contribution in [1.29, 1.82) is 0 Å². The van der Waals surface area contributed by atoms with Crippen molar-refractivity contribution in [1.82, 2.24) is 14.4 Å². The second-order valence-electron chi connectivity index (χ2n) is 8.68. The first-order valence-corrected chi connectivity index (χ1v) is 10.8. The van der Waals surface area contributed by atoms with Gasteiger partial charge in [0.15, 0.2) is 0 Å². The van der Waals surface area contributed by atoms with E-state index in [4.69, 9.17) is 9.97 Å². The van der Waals surface area contributed by atoms with Gasteiger partial charge in [-0.2, -0.15) is 0 Å². The molecule has 0 saturated heterocycles. The summed E-state index contributed by atoms with van der Waals surface area (Å²) >= 11 is 0. The molecule has 0 amide bonds. The number of imidazole rings is 1. The SMILES string of the molecule is c1ccc2c(c1)Cc1c-2ccc2c1Cc1cc3c(cc1-2)c1nccn1c1cccnc31. The van der Waals surface area contributed by atoms with E-state index in [2.05, 4.69) is 59.0 Å². The molecule has 6 aromatic rings. The van der Waals surface area contributed by atoms with Gasteiger partial charge >= 0.3 is 0 Å². The largest absolute Gasteiger partial charge is 0.298 e. The van der Waals surface area contributed by atoms with Gasteiger partial charge in [-0.25, -0.2) is 4.98 Å². The molecule has 31 heavy (non-hydrogen) atoms. The summed E-state index contributed by atoms with van der Waals surface area (Å²) in [4.78, 5) is 9.45. The number of benzene rings is 3. The zero-order valence-electron chi connectivity index (χ0n) is 16.8. The summed E-state index contributed by atoms with van der Waals surface area (Å²) in [7, 11) is 0. The van der Waals surface area contributed by atoms with Gasteiger partial charge in [0.25, 0.3) is 0 Å². The molecule has 0 atom stereocenters. The third-order valence-corrected chi connectivity index (χ3v) is 7.19. The first-order valence-electron chi connectivity index (χ1n) is 10.8. The van der Waals surface area contributed by atoms with Gasteiger partial charge in [0.1, 0.15) is 5.65 Å². The zero-order valence-corrected chi connectivity index (χ0v) is 16.8. The van der Waals surface area contributed by atoms with Crippen LogP contribution in [0.5, 0.6) is 0 Å². The van der Waals surface area contributed by atoms with E-state index in [9.17, 15) is 0 Å². The highest BCUT2D eigenvalue weighted by Crippen LogP contribution is 2.47. The summed E-state index contributed by atoms with van der Waals surface area (Å²) in [5.74, 6) is 0. The van der Waals surface area contributed by atoms with Crippen LogP contribution in [0.1, 0.15) is 22.3 Å².